The molecule has 1 aromatic carbocycles. The van der Waals surface area contributed by atoms with E-state index in [1.807, 2.05) is 19.2 Å². The molecule has 7 heteroatoms. The van der Waals surface area contributed by atoms with Crippen molar-refractivity contribution in [3.8, 4) is 0 Å². The number of furan rings is 1. The lowest BCUT2D eigenvalue weighted by molar-refractivity contribution is 0.105. The van der Waals surface area contributed by atoms with Crippen LogP contribution in [0.15, 0.2) is 58.1 Å². The number of anilines is 1. The Morgan fingerprint density at radius 1 is 1.00 bits per heavy atom. The lowest BCUT2D eigenvalue weighted by Crippen LogP contribution is -2.47. The van der Waals surface area contributed by atoms with Crippen LogP contribution in [0.2, 0.25) is 0 Å². The largest absolute Gasteiger partial charge is 0.467 e. The molecule has 7 nitrogen and oxygen atoms in total. The first-order valence-corrected chi connectivity index (χ1v) is 10.9. The summed E-state index contributed by atoms with van der Waals surface area (Å²) >= 11 is 0. The highest BCUT2D eigenvalue weighted by atomic mass is 16.5. The van der Waals surface area contributed by atoms with Crippen LogP contribution in [-0.2, 0) is 11.3 Å². The van der Waals surface area contributed by atoms with Crippen LogP contribution in [0.3, 0.4) is 0 Å². The molecule has 0 aliphatic carbocycles. The normalized spacial score (nSPS) is 15.4. The third-order valence-corrected chi connectivity index (χ3v) is 5.24. The van der Waals surface area contributed by atoms with Crippen molar-refractivity contribution in [1.82, 2.24) is 15.5 Å². The molecule has 0 spiro atoms. The van der Waals surface area contributed by atoms with Crippen molar-refractivity contribution in [2.24, 2.45) is 4.99 Å². The topological polar surface area (TPSA) is 65.3 Å². The van der Waals surface area contributed by atoms with Crippen LogP contribution in [0.25, 0.3) is 0 Å². The van der Waals surface area contributed by atoms with Gasteiger partial charge in [-0.15, -0.1) is 0 Å². The lowest BCUT2D eigenvalue weighted by Gasteiger charge is -2.36. The summed E-state index contributed by atoms with van der Waals surface area (Å²) in [4.78, 5) is 9.31. The van der Waals surface area contributed by atoms with Crippen molar-refractivity contribution in [1.29, 1.82) is 0 Å². The molecule has 1 aliphatic heterocycles. The maximum Gasteiger partial charge on any atom is 0.190 e. The SMILES string of the molecule is CN=C(NCCCOCc1ccco1)NCCCN1CCN(c2ccccc2)CC1. The number of benzene rings is 1. The first-order valence-electron chi connectivity index (χ1n) is 10.9. The number of nitrogens with zero attached hydrogens (tertiary/aromatic N) is 3. The zero-order chi connectivity index (χ0) is 20.9. The summed E-state index contributed by atoms with van der Waals surface area (Å²) in [7, 11) is 1.81. The fourth-order valence-electron chi connectivity index (χ4n) is 3.55. The quantitative estimate of drug-likeness (QED) is 0.335. The zero-order valence-electron chi connectivity index (χ0n) is 18.1. The minimum absolute atomic E-state index is 0.527. The monoisotopic (exact) mass is 413 g/mol. The van der Waals surface area contributed by atoms with E-state index in [4.69, 9.17) is 9.15 Å². The summed E-state index contributed by atoms with van der Waals surface area (Å²) < 4.78 is 10.8. The highest BCUT2D eigenvalue weighted by Crippen LogP contribution is 2.15. The number of hydrogen-bond donors (Lipinski definition) is 2. The van der Waals surface area contributed by atoms with Crippen LogP contribution in [0.4, 0.5) is 5.69 Å². The van der Waals surface area contributed by atoms with Crippen LogP contribution in [-0.4, -0.2) is 70.3 Å². The third-order valence-electron chi connectivity index (χ3n) is 5.24. The van der Waals surface area contributed by atoms with Crippen molar-refractivity contribution in [2.75, 3.05) is 64.4 Å². The van der Waals surface area contributed by atoms with Gasteiger partial charge in [0.2, 0.25) is 0 Å². The van der Waals surface area contributed by atoms with Gasteiger partial charge in [0.05, 0.1) is 6.26 Å². The number of para-hydroxylation sites is 1. The van der Waals surface area contributed by atoms with Crippen LogP contribution in [0.5, 0.6) is 0 Å². The Bertz CT molecular complexity index is 712. The molecule has 1 aromatic heterocycles. The van der Waals surface area contributed by atoms with Gasteiger partial charge in [-0.05, 0) is 43.7 Å². The van der Waals surface area contributed by atoms with E-state index in [-0.39, 0.29) is 0 Å². The molecular formula is C23H35N5O2. The number of hydrogen-bond acceptors (Lipinski definition) is 5. The van der Waals surface area contributed by atoms with E-state index in [9.17, 15) is 0 Å². The van der Waals surface area contributed by atoms with E-state index < -0.39 is 0 Å². The molecular weight excluding hydrogens is 378 g/mol. The van der Waals surface area contributed by atoms with E-state index in [0.29, 0.717) is 13.2 Å². The molecule has 2 heterocycles. The predicted molar refractivity (Wildman–Crippen MR) is 122 cm³/mol. The van der Waals surface area contributed by atoms with Crippen molar-refractivity contribution in [3.63, 3.8) is 0 Å². The van der Waals surface area contributed by atoms with Gasteiger partial charge in [0.1, 0.15) is 12.4 Å². The molecule has 0 radical (unpaired) electrons. The van der Waals surface area contributed by atoms with Gasteiger partial charge in [-0.25, -0.2) is 0 Å². The number of rotatable bonds is 11. The van der Waals surface area contributed by atoms with Crippen molar-refractivity contribution < 1.29 is 9.15 Å². The van der Waals surface area contributed by atoms with Crippen LogP contribution >= 0.6 is 0 Å². The molecule has 2 N–H and O–H groups in total. The Balaban J connectivity index is 1.19. The van der Waals surface area contributed by atoms with Gasteiger partial charge in [0.15, 0.2) is 5.96 Å². The zero-order valence-corrected chi connectivity index (χ0v) is 18.1. The summed E-state index contributed by atoms with van der Waals surface area (Å²) in [5.41, 5.74) is 1.33. The van der Waals surface area contributed by atoms with Gasteiger partial charge in [-0.2, -0.15) is 0 Å². The van der Waals surface area contributed by atoms with Crippen molar-refractivity contribution in [2.45, 2.75) is 19.4 Å². The number of guanidine groups is 1. The lowest BCUT2D eigenvalue weighted by atomic mass is 10.2. The second-order valence-corrected chi connectivity index (χ2v) is 7.43. The Hall–Kier alpha value is -2.51. The standard InChI is InChI=1S/C23H35N5O2/c1-24-23(26-12-7-18-29-20-22-10-5-19-30-22)25-11-6-13-27-14-16-28(17-15-27)21-8-3-2-4-9-21/h2-5,8-10,19H,6-7,11-18,20H2,1H3,(H2,24,25,26). The van der Waals surface area contributed by atoms with Crippen LogP contribution in [0.1, 0.15) is 18.6 Å². The number of ether oxygens (including phenoxy) is 1. The van der Waals surface area contributed by atoms with Gasteiger partial charge in [0.25, 0.3) is 0 Å². The van der Waals surface area contributed by atoms with Gasteiger partial charge in [-0.3, -0.25) is 9.89 Å². The highest BCUT2D eigenvalue weighted by molar-refractivity contribution is 5.79. The molecule has 0 saturated carbocycles. The van der Waals surface area contributed by atoms with Crippen molar-refractivity contribution in [3.05, 3.63) is 54.5 Å². The van der Waals surface area contributed by atoms with E-state index in [1.165, 1.54) is 5.69 Å². The fraction of sp³-hybridized carbons (Fsp3) is 0.522. The van der Waals surface area contributed by atoms with Crippen LogP contribution < -0.4 is 15.5 Å². The molecule has 0 atom stereocenters. The summed E-state index contributed by atoms with van der Waals surface area (Å²) in [5, 5.41) is 6.74. The first kappa shape index (κ1) is 22.2. The minimum atomic E-state index is 0.527. The van der Waals surface area contributed by atoms with Crippen molar-refractivity contribution >= 4 is 11.6 Å². The summed E-state index contributed by atoms with van der Waals surface area (Å²) in [6, 6.07) is 14.5. The van der Waals surface area contributed by atoms with Gasteiger partial charge in [0, 0.05) is 58.6 Å². The molecule has 1 aliphatic rings. The number of piperazine rings is 1. The van der Waals surface area contributed by atoms with E-state index in [0.717, 1.165) is 70.4 Å². The average Bonchev–Trinajstić information content (AvgIpc) is 3.32. The molecule has 1 saturated heterocycles. The van der Waals surface area contributed by atoms with Gasteiger partial charge >= 0.3 is 0 Å². The molecule has 2 aromatic rings. The Labute approximate surface area is 180 Å². The molecule has 30 heavy (non-hydrogen) atoms. The molecule has 164 valence electrons. The molecule has 3 rings (SSSR count). The maximum atomic E-state index is 5.59. The van der Waals surface area contributed by atoms with E-state index in [2.05, 4.69) is 55.8 Å². The minimum Gasteiger partial charge on any atom is -0.467 e. The summed E-state index contributed by atoms with van der Waals surface area (Å²) in [6.07, 6.45) is 3.70. The fourth-order valence-corrected chi connectivity index (χ4v) is 3.55. The van der Waals surface area contributed by atoms with E-state index >= 15 is 0 Å². The van der Waals surface area contributed by atoms with Crippen LogP contribution in [0, 0.1) is 0 Å². The Morgan fingerprint density at radius 3 is 2.47 bits per heavy atom. The van der Waals surface area contributed by atoms with Gasteiger partial charge < -0.3 is 24.7 Å². The Morgan fingerprint density at radius 2 is 1.77 bits per heavy atom. The highest BCUT2D eigenvalue weighted by Gasteiger charge is 2.16. The second kappa shape index (κ2) is 12.9. The number of nitrogens with one attached hydrogen (secondary N) is 2. The molecule has 0 bridgehead atoms. The second-order valence-electron chi connectivity index (χ2n) is 7.43. The first-order chi connectivity index (χ1) is 14.8. The third kappa shape index (κ3) is 7.72. The average molecular weight is 414 g/mol. The van der Waals surface area contributed by atoms with Gasteiger partial charge in [-0.1, -0.05) is 18.2 Å². The molecule has 1 fully saturated rings. The smallest absolute Gasteiger partial charge is 0.190 e. The van der Waals surface area contributed by atoms with E-state index in [1.54, 1.807) is 6.26 Å². The predicted octanol–water partition coefficient (Wildman–Crippen LogP) is 2.56. The number of aliphatic imine (C=N–C) groups is 1. The summed E-state index contributed by atoms with van der Waals surface area (Å²) in [5.74, 6) is 1.72. The Kier molecular flexibility index (Phi) is 9.56. The maximum absolute atomic E-state index is 5.59. The molecule has 0 unspecified atom stereocenters. The summed E-state index contributed by atoms with van der Waals surface area (Å²) in [6.45, 7) is 8.55. The molecule has 0 amide bonds.